The molecule has 2 aromatic carbocycles. The van der Waals surface area contributed by atoms with E-state index in [-0.39, 0.29) is 5.91 Å². The van der Waals surface area contributed by atoms with E-state index >= 15 is 0 Å². The van der Waals surface area contributed by atoms with Crippen molar-refractivity contribution in [1.82, 2.24) is 0 Å². The minimum absolute atomic E-state index is 0.234. The monoisotopic (exact) mass is 333 g/mol. The van der Waals surface area contributed by atoms with Crippen LogP contribution in [0.25, 0.3) is 0 Å². The number of rotatable bonds is 4. The number of nitrogens with one attached hydrogen (secondary N) is 1. The molecule has 0 atom stereocenters. The van der Waals surface area contributed by atoms with Gasteiger partial charge in [-0.15, -0.1) is 0 Å². The molecule has 1 N–H and O–H groups in total. The molecule has 6 heteroatoms. The lowest BCUT2D eigenvalue weighted by Crippen LogP contribution is -2.13. The molecule has 0 bridgehead atoms. The van der Waals surface area contributed by atoms with Gasteiger partial charge in [0.1, 0.15) is 17.2 Å². The summed E-state index contributed by atoms with van der Waals surface area (Å²) in [5.41, 5.74) is 2.10. The van der Waals surface area contributed by atoms with Crippen LogP contribution in [0.15, 0.2) is 30.3 Å². The van der Waals surface area contributed by atoms with Crippen molar-refractivity contribution in [3.8, 4) is 17.2 Å². The minimum Gasteiger partial charge on any atom is -0.495 e. The molecular formula is C17H16ClNO4. The van der Waals surface area contributed by atoms with Gasteiger partial charge in [-0.3, -0.25) is 4.79 Å². The average molecular weight is 334 g/mol. The smallest absolute Gasteiger partial charge is 0.255 e. The van der Waals surface area contributed by atoms with Crippen molar-refractivity contribution in [1.29, 1.82) is 0 Å². The summed E-state index contributed by atoms with van der Waals surface area (Å²) in [6.45, 7) is 0.655. The maximum absolute atomic E-state index is 12.5. The summed E-state index contributed by atoms with van der Waals surface area (Å²) in [5, 5.41) is 3.24. The number of carbonyl (C=O) groups excluding carboxylic acids is 1. The number of methoxy groups -OCH3 is 2. The molecule has 0 fully saturated rings. The van der Waals surface area contributed by atoms with Gasteiger partial charge in [0.2, 0.25) is 0 Å². The second-order valence-electron chi connectivity index (χ2n) is 5.06. The molecular weight excluding hydrogens is 318 g/mol. The van der Waals surface area contributed by atoms with E-state index in [9.17, 15) is 4.79 Å². The van der Waals surface area contributed by atoms with Crippen LogP contribution in [-0.2, 0) is 6.42 Å². The number of carbonyl (C=O) groups is 1. The minimum atomic E-state index is -0.234. The number of halogens is 1. The van der Waals surface area contributed by atoms with Gasteiger partial charge < -0.3 is 19.5 Å². The Morgan fingerprint density at radius 2 is 1.96 bits per heavy atom. The van der Waals surface area contributed by atoms with E-state index in [1.165, 1.54) is 14.2 Å². The molecule has 0 saturated carbocycles. The van der Waals surface area contributed by atoms with E-state index in [0.29, 0.717) is 34.4 Å². The average Bonchev–Trinajstić information content (AvgIpc) is 3.03. The predicted molar refractivity (Wildman–Crippen MR) is 88.2 cm³/mol. The highest BCUT2D eigenvalue weighted by atomic mass is 35.5. The number of anilines is 1. The van der Waals surface area contributed by atoms with Crippen molar-refractivity contribution >= 4 is 23.2 Å². The second kappa shape index (κ2) is 6.38. The van der Waals surface area contributed by atoms with Crippen molar-refractivity contribution < 1.29 is 19.0 Å². The zero-order chi connectivity index (χ0) is 16.4. The molecule has 5 nitrogen and oxygen atoms in total. The molecule has 2 aromatic rings. The zero-order valence-electron chi connectivity index (χ0n) is 12.8. The van der Waals surface area contributed by atoms with E-state index < -0.39 is 0 Å². The van der Waals surface area contributed by atoms with Crippen LogP contribution in [0.3, 0.4) is 0 Å². The lowest BCUT2D eigenvalue weighted by Gasteiger charge is -2.13. The molecule has 0 spiro atoms. The molecule has 0 saturated heterocycles. The highest BCUT2D eigenvalue weighted by molar-refractivity contribution is 6.32. The standard InChI is InChI=1S/C17H16ClNO4/c1-21-15-9-13(16(22-2)8-12(15)18)19-17(20)11-3-4-14-10(7-11)5-6-23-14/h3-4,7-9H,5-6H2,1-2H3,(H,19,20). The molecule has 1 amide bonds. The van der Waals surface area contributed by atoms with Gasteiger partial charge in [0, 0.05) is 24.1 Å². The fourth-order valence-corrected chi connectivity index (χ4v) is 2.71. The number of amides is 1. The molecule has 1 aliphatic heterocycles. The Hall–Kier alpha value is -2.40. The Morgan fingerprint density at radius 3 is 2.70 bits per heavy atom. The third kappa shape index (κ3) is 3.05. The summed E-state index contributed by atoms with van der Waals surface area (Å²) in [6, 6.07) is 8.63. The molecule has 0 unspecified atom stereocenters. The van der Waals surface area contributed by atoms with Crippen molar-refractivity contribution in [3.63, 3.8) is 0 Å². The maximum Gasteiger partial charge on any atom is 0.255 e. The first-order valence-electron chi connectivity index (χ1n) is 7.11. The van der Waals surface area contributed by atoms with Gasteiger partial charge in [-0.05, 0) is 23.8 Å². The van der Waals surface area contributed by atoms with Crippen LogP contribution in [0.5, 0.6) is 17.2 Å². The van der Waals surface area contributed by atoms with E-state index in [2.05, 4.69) is 5.32 Å². The van der Waals surface area contributed by atoms with Gasteiger partial charge in [-0.25, -0.2) is 0 Å². The predicted octanol–water partition coefficient (Wildman–Crippen LogP) is 3.54. The first-order valence-corrected chi connectivity index (χ1v) is 7.48. The van der Waals surface area contributed by atoms with Gasteiger partial charge in [0.05, 0.1) is 31.5 Å². The van der Waals surface area contributed by atoms with Crippen LogP contribution in [0, 0.1) is 0 Å². The highest BCUT2D eigenvalue weighted by Crippen LogP contribution is 2.36. The number of hydrogen-bond donors (Lipinski definition) is 1. The molecule has 23 heavy (non-hydrogen) atoms. The van der Waals surface area contributed by atoms with Crippen molar-refractivity contribution in [2.75, 3.05) is 26.1 Å². The quantitative estimate of drug-likeness (QED) is 0.929. The number of ether oxygens (including phenoxy) is 3. The first kappa shape index (κ1) is 15.5. The normalized spacial score (nSPS) is 12.3. The van der Waals surface area contributed by atoms with Crippen LogP contribution in [0.1, 0.15) is 15.9 Å². The van der Waals surface area contributed by atoms with Crippen LogP contribution in [0.2, 0.25) is 5.02 Å². The van der Waals surface area contributed by atoms with Gasteiger partial charge >= 0.3 is 0 Å². The fourth-order valence-electron chi connectivity index (χ4n) is 2.48. The second-order valence-corrected chi connectivity index (χ2v) is 5.47. The Morgan fingerprint density at radius 1 is 1.17 bits per heavy atom. The summed E-state index contributed by atoms with van der Waals surface area (Å²) in [7, 11) is 3.03. The third-order valence-electron chi connectivity index (χ3n) is 3.67. The summed E-state index contributed by atoms with van der Waals surface area (Å²) < 4.78 is 15.9. The molecule has 1 heterocycles. The van der Waals surface area contributed by atoms with Gasteiger partial charge in [-0.1, -0.05) is 11.6 Å². The maximum atomic E-state index is 12.5. The Bertz CT molecular complexity index is 760. The lowest BCUT2D eigenvalue weighted by atomic mass is 10.1. The number of fused-ring (bicyclic) bond motifs is 1. The van der Waals surface area contributed by atoms with Gasteiger partial charge in [0.25, 0.3) is 5.91 Å². The number of benzene rings is 2. The topological polar surface area (TPSA) is 56.8 Å². The molecule has 3 rings (SSSR count). The summed E-state index contributed by atoms with van der Waals surface area (Å²) in [6.07, 6.45) is 0.814. The highest BCUT2D eigenvalue weighted by Gasteiger charge is 2.17. The van der Waals surface area contributed by atoms with E-state index in [1.54, 1.807) is 18.2 Å². The molecule has 1 aliphatic rings. The van der Waals surface area contributed by atoms with Crippen LogP contribution in [0.4, 0.5) is 5.69 Å². The van der Waals surface area contributed by atoms with E-state index in [0.717, 1.165) is 17.7 Å². The number of hydrogen-bond acceptors (Lipinski definition) is 4. The van der Waals surface area contributed by atoms with Crippen LogP contribution in [-0.4, -0.2) is 26.7 Å². The Balaban J connectivity index is 1.87. The molecule has 0 radical (unpaired) electrons. The molecule has 0 aromatic heterocycles. The van der Waals surface area contributed by atoms with E-state index in [1.807, 2.05) is 12.1 Å². The van der Waals surface area contributed by atoms with Crippen molar-refractivity contribution in [3.05, 3.63) is 46.5 Å². The van der Waals surface area contributed by atoms with E-state index in [4.69, 9.17) is 25.8 Å². The first-order chi connectivity index (χ1) is 11.1. The van der Waals surface area contributed by atoms with Crippen LogP contribution < -0.4 is 19.5 Å². The molecule has 120 valence electrons. The van der Waals surface area contributed by atoms with Crippen molar-refractivity contribution in [2.45, 2.75) is 6.42 Å². The van der Waals surface area contributed by atoms with Gasteiger partial charge in [0.15, 0.2) is 0 Å². The third-order valence-corrected chi connectivity index (χ3v) is 3.97. The van der Waals surface area contributed by atoms with Crippen molar-refractivity contribution in [2.24, 2.45) is 0 Å². The summed E-state index contributed by atoms with van der Waals surface area (Å²) in [4.78, 5) is 12.5. The lowest BCUT2D eigenvalue weighted by molar-refractivity contribution is 0.102. The SMILES string of the molecule is COc1cc(NC(=O)c2ccc3c(c2)CCO3)c(OC)cc1Cl. The summed E-state index contributed by atoms with van der Waals surface area (Å²) >= 11 is 6.07. The Kier molecular flexibility index (Phi) is 4.30. The molecule has 0 aliphatic carbocycles. The Labute approximate surface area is 139 Å². The zero-order valence-corrected chi connectivity index (χ0v) is 13.6. The fraction of sp³-hybridized carbons (Fsp3) is 0.235. The van der Waals surface area contributed by atoms with Gasteiger partial charge in [-0.2, -0.15) is 0 Å². The summed E-state index contributed by atoms with van der Waals surface area (Å²) in [5.74, 6) is 1.54. The van der Waals surface area contributed by atoms with Crippen LogP contribution >= 0.6 is 11.6 Å². The largest absolute Gasteiger partial charge is 0.495 e.